The lowest BCUT2D eigenvalue weighted by molar-refractivity contribution is 0.105. The third-order valence-corrected chi connectivity index (χ3v) is 3.68. The lowest BCUT2D eigenvalue weighted by Crippen LogP contribution is -1.96. The SMILES string of the molecule is COC1CCc2c(Oc3cccc(C=O)c3)cccc21. The Kier molecular flexibility index (Phi) is 3.52. The number of hydrogen-bond donors (Lipinski definition) is 0. The summed E-state index contributed by atoms with van der Waals surface area (Å²) in [5, 5.41) is 0. The van der Waals surface area contributed by atoms with Crippen LogP contribution in [0.5, 0.6) is 11.5 Å². The Morgan fingerprint density at radius 1 is 1.20 bits per heavy atom. The van der Waals surface area contributed by atoms with Gasteiger partial charge in [0.15, 0.2) is 0 Å². The molecule has 0 aromatic heterocycles. The summed E-state index contributed by atoms with van der Waals surface area (Å²) in [6.45, 7) is 0. The number of ether oxygens (including phenoxy) is 2. The number of fused-ring (bicyclic) bond motifs is 1. The summed E-state index contributed by atoms with van der Waals surface area (Å²) in [5.74, 6) is 1.54. The van der Waals surface area contributed by atoms with Crippen molar-refractivity contribution in [3.63, 3.8) is 0 Å². The number of benzene rings is 2. The van der Waals surface area contributed by atoms with Gasteiger partial charge < -0.3 is 9.47 Å². The summed E-state index contributed by atoms with van der Waals surface area (Å²) >= 11 is 0. The first-order valence-corrected chi connectivity index (χ1v) is 6.69. The second-order valence-corrected chi connectivity index (χ2v) is 4.88. The van der Waals surface area contributed by atoms with Gasteiger partial charge in [-0.2, -0.15) is 0 Å². The molecule has 0 saturated heterocycles. The van der Waals surface area contributed by atoms with E-state index in [-0.39, 0.29) is 6.10 Å². The lowest BCUT2D eigenvalue weighted by Gasteiger charge is -2.12. The molecular formula is C17H16O3. The molecule has 3 heteroatoms. The van der Waals surface area contributed by atoms with Gasteiger partial charge in [-0.15, -0.1) is 0 Å². The number of rotatable bonds is 4. The van der Waals surface area contributed by atoms with Gasteiger partial charge in [0.2, 0.25) is 0 Å². The molecule has 3 nitrogen and oxygen atoms in total. The van der Waals surface area contributed by atoms with Crippen LogP contribution in [0.4, 0.5) is 0 Å². The van der Waals surface area contributed by atoms with E-state index < -0.39 is 0 Å². The standard InChI is InChI=1S/C17H16O3/c1-19-16-9-8-15-14(16)6-3-7-17(15)20-13-5-2-4-12(10-13)11-18/h2-7,10-11,16H,8-9H2,1H3. The Morgan fingerprint density at radius 3 is 2.85 bits per heavy atom. The zero-order valence-corrected chi connectivity index (χ0v) is 11.3. The van der Waals surface area contributed by atoms with E-state index in [2.05, 4.69) is 6.07 Å². The fourth-order valence-electron chi connectivity index (χ4n) is 2.70. The van der Waals surface area contributed by atoms with Crippen LogP contribution in [0, 0.1) is 0 Å². The van der Waals surface area contributed by atoms with Crippen LogP contribution in [0.25, 0.3) is 0 Å². The average Bonchev–Trinajstić information content (AvgIpc) is 2.91. The van der Waals surface area contributed by atoms with Crippen molar-refractivity contribution < 1.29 is 14.3 Å². The normalized spacial score (nSPS) is 16.8. The minimum absolute atomic E-state index is 0.162. The van der Waals surface area contributed by atoms with Crippen LogP contribution in [-0.2, 0) is 11.2 Å². The van der Waals surface area contributed by atoms with E-state index in [9.17, 15) is 4.79 Å². The monoisotopic (exact) mass is 268 g/mol. The fraction of sp³-hybridized carbons (Fsp3) is 0.235. The summed E-state index contributed by atoms with van der Waals surface area (Å²) in [4.78, 5) is 10.8. The molecule has 1 unspecified atom stereocenters. The van der Waals surface area contributed by atoms with Crippen molar-refractivity contribution in [2.75, 3.05) is 7.11 Å². The summed E-state index contributed by atoms with van der Waals surface area (Å²) in [6.07, 6.45) is 2.93. The van der Waals surface area contributed by atoms with Gasteiger partial charge in [0.1, 0.15) is 17.8 Å². The zero-order chi connectivity index (χ0) is 13.9. The first kappa shape index (κ1) is 12.9. The van der Waals surface area contributed by atoms with Gasteiger partial charge in [-0.3, -0.25) is 4.79 Å². The van der Waals surface area contributed by atoms with E-state index in [1.165, 1.54) is 11.1 Å². The van der Waals surface area contributed by atoms with Gasteiger partial charge in [0.25, 0.3) is 0 Å². The molecule has 0 N–H and O–H groups in total. The third kappa shape index (κ3) is 2.32. The highest BCUT2D eigenvalue weighted by Crippen LogP contribution is 2.40. The minimum Gasteiger partial charge on any atom is -0.457 e. The Balaban J connectivity index is 1.92. The molecule has 0 bridgehead atoms. The van der Waals surface area contributed by atoms with Gasteiger partial charge in [0, 0.05) is 18.2 Å². The predicted octanol–water partition coefficient (Wildman–Crippen LogP) is 3.93. The van der Waals surface area contributed by atoms with E-state index in [1.807, 2.05) is 24.3 Å². The van der Waals surface area contributed by atoms with Crippen molar-refractivity contribution in [2.24, 2.45) is 0 Å². The average molecular weight is 268 g/mol. The second-order valence-electron chi connectivity index (χ2n) is 4.88. The molecule has 1 atom stereocenters. The molecule has 2 aromatic carbocycles. The molecule has 0 saturated carbocycles. The van der Waals surface area contributed by atoms with Crippen molar-refractivity contribution in [1.82, 2.24) is 0 Å². The number of aldehydes is 1. The van der Waals surface area contributed by atoms with E-state index >= 15 is 0 Å². The largest absolute Gasteiger partial charge is 0.457 e. The number of methoxy groups -OCH3 is 1. The number of hydrogen-bond acceptors (Lipinski definition) is 3. The molecule has 1 aliphatic carbocycles. The van der Waals surface area contributed by atoms with Crippen molar-refractivity contribution >= 4 is 6.29 Å². The van der Waals surface area contributed by atoms with Gasteiger partial charge in [0.05, 0.1) is 6.10 Å². The highest BCUT2D eigenvalue weighted by Gasteiger charge is 2.25. The van der Waals surface area contributed by atoms with Crippen LogP contribution in [-0.4, -0.2) is 13.4 Å². The molecular weight excluding hydrogens is 252 g/mol. The maximum atomic E-state index is 10.8. The molecule has 0 radical (unpaired) electrons. The lowest BCUT2D eigenvalue weighted by atomic mass is 10.1. The Bertz CT molecular complexity index is 634. The van der Waals surface area contributed by atoms with Gasteiger partial charge in [-0.25, -0.2) is 0 Å². The molecule has 102 valence electrons. The van der Waals surface area contributed by atoms with Crippen LogP contribution >= 0.6 is 0 Å². The molecule has 0 spiro atoms. The van der Waals surface area contributed by atoms with Gasteiger partial charge in [-0.1, -0.05) is 24.3 Å². The number of carbonyl (C=O) groups is 1. The molecule has 0 heterocycles. The summed E-state index contributed by atoms with van der Waals surface area (Å²) in [6, 6.07) is 13.2. The predicted molar refractivity (Wildman–Crippen MR) is 76.4 cm³/mol. The van der Waals surface area contributed by atoms with Crippen LogP contribution in [0.15, 0.2) is 42.5 Å². The van der Waals surface area contributed by atoms with Gasteiger partial charge in [-0.05, 0) is 36.6 Å². The van der Waals surface area contributed by atoms with E-state index in [1.54, 1.807) is 19.2 Å². The van der Waals surface area contributed by atoms with Gasteiger partial charge >= 0.3 is 0 Å². The summed E-state index contributed by atoms with van der Waals surface area (Å²) in [7, 11) is 1.74. The summed E-state index contributed by atoms with van der Waals surface area (Å²) in [5.41, 5.74) is 3.03. The highest BCUT2D eigenvalue weighted by atomic mass is 16.5. The topological polar surface area (TPSA) is 35.5 Å². The van der Waals surface area contributed by atoms with Crippen LogP contribution < -0.4 is 4.74 Å². The molecule has 2 aromatic rings. The first-order chi connectivity index (χ1) is 9.81. The van der Waals surface area contributed by atoms with E-state index in [0.717, 1.165) is 24.9 Å². The second kappa shape index (κ2) is 5.47. The Morgan fingerprint density at radius 2 is 2.05 bits per heavy atom. The number of carbonyl (C=O) groups excluding carboxylic acids is 1. The molecule has 3 rings (SSSR count). The minimum atomic E-state index is 0.162. The van der Waals surface area contributed by atoms with E-state index in [4.69, 9.17) is 9.47 Å². The molecule has 0 fully saturated rings. The molecule has 0 amide bonds. The van der Waals surface area contributed by atoms with Crippen molar-refractivity contribution in [3.05, 3.63) is 59.2 Å². The molecule has 20 heavy (non-hydrogen) atoms. The quantitative estimate of drug-likeness (QED) is 0.788. The van der Waals surface area contributed by atoms with Crippen molar-refractivity contribution in [1.29, 1.82) is 0 Å². The maximum absolute atomic E-state index is 10.8. The first-order valence-electron chi connectivity index (χ1n) is 6.69. The highest BCUT2D eigenvalue weighted by molar-refractivity contribution is 5.75. The fourth-order valence-corrected chi connectivity index (χ4v) is 2.70. The van der Waals surface area contributed by atoms with Crippen molar-refractivity contribution in [3.8, 4) is 11.5 Å². The van der Waals surface area contributed by atoms with Crippen LogP contribution in [0.1, 0.15) is 34.0 Å². The van der Waals surface area contributed by atoms with Crippen LogP contribution in [0.2, 0.25) is 0 Å². The summed E-state index contributed by atoms with van der Waals surface area (Å²) < 4.78 is 11.4. The molecule has 0 aliphatic heterocycles. The Labute approximate surface area is 118 Å². The smallest absolute Gasteiger partial charge is 0.150 e. The van der Waals surface area contributed by atoms with Crippen molar-refractivity contribution in [2.45, 2.75) is 18.9 Å². The maximum Gasteiger partial charge on any atom is 0.150 e. The molecule has 1 aliphatic rings. The third-order valence-electron chi connectivity index (χ3n) is 3.68. The van der Waals surface area contributed by atoms with E-state index in [0.29, 0.717) is 11.3 Å². The van der Waals surface area contributed by atoms with Crippen LogP contribution in [0.3, 0.4) is 0 Å². The Hall–Kier alpha value is -2.13. The zero-order valence-electron chi connectivity index (χ0n) is 11.3.